The van der Waals surface area contributed by atoms with Crippen LogP contribution in [0.2, 0.25) is 0 Å². The van der Waals surface area contributed by atoms with Crippen LogP contribution >= 0.6 is 0 Å². The van der Waals surface area contributed by atoms with E-state index in [1.807, 2.05) is 18.0 Å². The van der Waals surface area contributed by atoms with Crippen molar-refractivity contribution in [3.63, 3.8) is 0 Å². The quantitative estimate of drug-likeness (QED) is 0.814. The summed E-state index contributed by atoms with van der Waals surface area (Å²) in [6.07, 6.45) is 4.12. The molecule has 3 rings (SSSR count). The molecule has 0 aromatic carbocycles. The molecule has 2 aliphatic rings. The van der Waals surface area contributed by atoms with E-state index < -0.39 is 0 Å². The molecule has 0 N–H and O–H groups in total. The number of nitrogens with zero attached hydrogens (tertiary/aromatic N) is 4. The molecule has 3 heterocycles. The number of hydrogen-bond acceptors (Lipinski definition) is 4. The van der Waals surface area contributed by atoms with Gasteiger partial charge in [0.25, 0.3) is 0 Å². The van der Waals surface area contributed by atoms with Crippen LogP contribution in [0, 0.1) is 5.92 Å². The van der Waals surface area contributed by atoms with Crippen molar-refractivity contribution in [1.82, 2.24) is 19.6 Å². The molecule has 0 aliphatic carbocycles. The first-order valence-corrected chi connectivity index (χ1v) is 9.26. The van der Waals surface area contributed by atoms with E-state index in [9.17, 15) is 4.79 Å². The lowest BCUT2D eigenvalue weighted by Crippen LogP contribution is -2.44. The molecule has 1 aromatic heterocycles. The summed E-state index contributed by atoms with van der Waals surface area (Å²) in [5.74, 6) is 0.793. The zero-order valence-corrected chi connectivity index (χ0v) is 15.6. The number of ether oxygens (including phenoxy) is 2. The van der Waals surface area contributed by atoms with Gasteiger partial charge >= 0.3 is 6.03 Å². The molecule has 7 nitrogen and oxygen atoms in total. The Morgan fingerprint density at radius 1 is 1.40 bits per heavy atom. The van der Waals surface area contributed by atoms with Crippen LogP contribution < -0.4 is 0 Å². The van der Waals surface area contributed by atoms with Gasteiger partial charge in [0.2, 0.25) is 0 Å². The molecule has 1 fully saturated rings. The number of fused-ring (bicyclic) bond motifs is 1. The average molecular weight is 350 g/mol. The fourth-order valence-corrected chi connectivity index (χ4v) is 3.79. The highest BCUT2D eigenvalue weighted by molar-refractivity contribution is 5.74. The van der Waals surface area contributed by atoms with Gasteiger partial charge in [0.1, 0.15) is 0 Å². The second kappa shape index (κ2) is 8.19. The standard InChI is InChI=1S/C18H30N4O3/c1-4-24-13-16-12-21(18(23)20(2)3)11-15-9-19-22(17(15)16)10-14-5-7-25-8-6-14/h9,14,16H,4-8,10-13H2,1-3H3. The molecule has 1 aromatic rings. The van der Waals surface area contributed by atoms with Crippen LogP contribution in [0.25, 0.3) is 0 Å². The van der Waals surface area contributed by atoms with Crippen molar-refractivity contribution in [2.75, 3.05) is 47.1 Å². The number of amides is 2. The Labute approximate surface area is 149 Å². The molecular formula is C18H30N4O3. The second-order valence-electron chi connectivity index (χ2n) is 7.21. The van der Waals surface area contributed by atoms with Gasteiger partial charge in [0.15, 0.2) is 0 Å². The number of carbonyl (C=O) groups is 1. The third kappa shape index (κ3) is 4.15. The third-order valence-electron chi connectivity index (χ3n) is 5.10. The number of carbonyl (C=O) groups excluding carboxylic acids is 1. The average Bonchev–Trinajstić information content (AvgIpc) is 3.02. The predicted octanol–water partition coefficient (Wildman–Crippen LogP) is 1.93. The summed E-state index contributed by atoms with van der Waals surface area (Å²) in [6, 6.07) is 0.0457. The van der Waals surface area contributed by atoms with Crippen molar-refractivity contribution in [3.05, 3.63) is 17.5 Å². The SMILES string of the molecule is CCOCC1CN(C(=O)N(C)C)Cc2cnn(CC3CCOCC3)c21. The largest absolute Gasteiger partial charge is 0.381 e. The molecule has 25 heavy (non-hydrogen) atoms. The molecule has 0 spiro atoms. The molecule has 0 bridgehead atoms. The van der Waals surface area contributed by atoms with Gasteiger partial charge in [-0.15, -0.1) is 0 Å². The lowest BCUT2D eigenvalue weighted by molar-refractivity contribution is 0.0587. The van der Waals surface area contributed by atoms with Crippen LogP contribution in [0.5, 0.6) is 0 Å². The maximum absolute atomic E-state index is 12.4. The first-order valence-electron chi connectivity index (χ1n) is 9.26. The van der Waals surface area contributed by atoms with Crippen molar-refractivity contribution < 1.29 is 14.3 Å². The van der Waals surface area contributed by atoms with Gasteiger partial charge < -0.3 is 19.3 Å². The Morgan fingerprint density at radius 2 is 2.16 bits per heavy atom. The summed E-state index contributed by atoms with van der Waals surface area (Å²) in [5, 5.41) is 4.66. The van der Waals surface area contributed by atoms with Crippen molar-refractivity contribution in [1.29, 1.82) is 0 Å². The van der Waals surface area contributed by atoms with E-state index in [1.165, 1.54) is 5.69 Å². The molecule has 1 atom stereocenters. The molecule has 7 heteroatoms. The van der Waals surface area contributed by atoms with E-state index in [2.05, 4.69) is 9.78 Å². The smallest absolute Gasteiger partial charge is 0.319 e. The maximum Gasteiger partial charge on any atom is 0.319 e. The molecule has 140 valence electrons. The molecule has 0 saturated carbocycles. The summed E-state index contributed by atoms with van der Waals surface area (Å²) >= 11 is 0. The zero-order valence-electron chi connectivity index (χ0n) is 15.6. The van der Waals surface area contributed by atoms with Crippen LogP contribution in [0.4, 0.5) is 4.79 Å². The first-order chi connectivity index (χ1) is 12.1. The van der Waals surface area contributed by atoms with Crippen LogP contribution in [0.3, 0.4) is 0 Å². The van der Waals surface area contributed by atoms with Gasteiger partial charge in [-0.1, -0.05) is 0 Å². The molecule has 0 radical (unpaired) electrons. The molecular weight excluding hydrogens is 320 g/mol. The van der Waals surface area contributed by atoms with E-state index in [-0.39, 0.29) is 11.9 Å². The fourth-order valence-electron chi connectivity index (χ4n) is 3.79. The summed E-state index contributed by atoms with van der Waals surface area (Å²) in [6.45, 7) is 7.26. The Hall–Kier alpha value is -1.60. The normalized spacial score (nSPS) is 21.2. The predicted molar refractivity (Wildman–Crippen MR) is 94.5 cm³/mol. The van der Waals surface area contributed by atoms with Crippen LogP contribution in [0.1, 0.15) is 36.9 Å². The minimum absolute atomic E-state index is 0.0457. The maximum atomic E-state index is 12.4. The van der Waals surface area contributed by atoms with Gasteiger partial charge in [-0.25, -0.2) is 4.79 Å². The molecule has 2 aliphatic heterocycles. The highest BCUT2D eigenvalue weighted by atomic mass is 16.5. The summed E-state index contributed by atoms with van der Waals surface area (Å²) in [5.41, 5.74) is 2.40. The van der Waals surface area contributed by atoms with Crippen molar-refractivity contribution >= 4 is 6.03 Å². The Kier molecular flexibility index (Phi) is 5.96. The van der Waals surface area contributed by atoms with Gasteiger partial charge in [0.05, 0.1) is 25.0 Å². The van der Waals surface area contributed by atoms with Gasteiger partial charge in [-0.3, -0.25) is 4.68 Å². The summed E-state index contributed by atoms with van der Waals surface area (Å²) in [4.78, 5) is 16.0. The van der Waals surface area contributed by atoms with Gasteiger partial charge in [-0.05, 0) is 25.7 Å². The van der Waals surface area contributed by atoms with Crippen LogP contribution in [-0.4, -0.2) is 72.7 Å². The van der Waals surface area contributed by atoms with E-state index in [0.29, 0.717) is 32.2 Å². The van der Waals surface area contributed by atoms with E-state index in [4.69, 9.17) is 9.47 Å². The number of urea groups is 1. The summed E-state index contributed by atoms with van der Waals surface area (Å²) in [7, 11) is 3.59. The van der Waals surface area contributed by atoms with Crippen LogP contribution in [-0.2, 0) is 22.6 Å². The van der Waals surface area contributed by atoms with Crippen LogP contribution in [0.15, 0.2) is 6.20 Å². The second-order valence-corrected chi connectivity index (χ2v) is 7.21. The third-order valence-corrected chi connectivity index (χ3v) is 5.10. The highest BCUT2D eigenvalue weighted by Crippen LogP contribution is 2.30. The minimum atomic E-state index is 0.0457. The molecule has 2 amide bonds. The Balaban J connectivity index is 1.80. The van der Waals surface area contributed by atoms with Gasteiger partial charge in [0, 0.05) is 58.5 Å². The monoisotopic (exact) mass is 350 g/mol. The zero-order chi connectivity index (χ0) is 17.8. The minimum Gasteiger partial charge on any atom is -0.381 e. The van der Waals surface area contributed by atoms with Crippen molar-refractivity contribution in [3.8, 4) is 0 Å². The lowest BCUT2D eigenvalue weighted by atomic mass is 9.95. The Bertz CT molecular complexity index is 581. The molecule has 1 saturated heterocycles. The Morgan fingerprint density at radius 3 is 2.84 bits per heavy atom. The highest BCUT2D eigenvalue weighted by Gasteiger charge is 2.33. The first kappa shape index (κ1) is 18.2. The summed E-state index contributed by atoms with van der Waals surface area (Å²) < 4.78 is 13.3. The number of rotatable bonds is 5. The number of hydrogen-bond donors (Lipinski definition) is 0. The topological polar surface area (TPSA) is 59.8 Å². The van der Waals surface area contributed by atoms with Crippen molar-refractivity contribution in [2.24, 2.45) is 5.92 Å². The molecule has 1 unspecified atom stereocenters. The fraction of sp³-hybridized carbons (Fsp3) is 0.778. The van der Waals surface area contributed by atoms with E-state index in [0.717, 1.165) is 38.2 Å². The lowest BCUT2D eigenvalue weighted by Gasteiger charge is -2.35. The number of aromatic nitrogens is 2. The van der Waals surface area contributed by atoms with Crippen molar-refractivity contribution in [2.45, 2.75) is 38.8 Å². The van der Waals surface area contributed by atoms with Gasteiger partial charge in [-0.2, -0.15) is 5.10 Å². The van der Waals surface area contributed by atoms with E-state index >= 15 is 0 Å². The van der Waals surface area contributed by atoms with E-state index in [1.54, 1.807) is 19.0 Å².